The van der Waals surface area contributed by atoms with Crippen molar-refractivity contribution >= 4 is 22.9 Å². The van der Waals surface area contributed by atoms with Crippen LogP contribution in [0.4, 0.5) is 0 Å². The molecule has 0 bridgehead atoms. The van der Waals surface area contributed by atoms with Gasteiger partial charge in [-0.05, 0) is 24.3 Å². The molecule has 0 fully saturated rings. The van der Waals surface area contributed by atoms with E-state index in [2.05, 4.69) is 5.10 Å². The summed E-state index contributed by atoms with van der Waals surface area (Å²) in [6, 6.07) is 12.6. The molecule has 0 aliphatic carbocycles. The van der Waals surface area contributed by atoms with Crippen molar-refractivity contribution in [3.05, 3.63) is 71.0 Å². The number of aromatic nitrogens is 2. The average Bonchev–Trinajstić information content (AvgIpc) is 2.82. The fraction of sp³-hybridized carbons (Fsp3) is 0. The Labute approximate surface area is 109 Å². The lowest BCUT2D eigenvalue weighted by Crippen LogP contribution is -2.01. The molecule has 0 unspecified atom stereocenters. The highest BCUT2D eigenvalue weighted by atomic mass is 35.5. The minimum Gasteiger partial charge on any atom is -0.288 e. The number of nitrogens with zero attached hydrogens (tertiary/aromatic N) is 2. The quantitative estimate of drug-likeness (QED) is 0.660. The van der Waals surface area contributed by atoms with E-state index in [4.69, 9.17) is 11.6 Å². The molecule has 3 aromatic rings. The van der Waals surface area contributed by atoms with Crippen molar-refractivity contribution in [1.29, 1.82) is 0 Å². The van der Waals surface area contributed by atoms with Gasteiger partial charge in [0.1, 0.15) is 0 Å². The van der Waals surface area contributed by atoms with Crippen molar-refractivity contribution in [2.24, 2.45) is 0 Å². The Morgan fingerprint density at radius 2 is 1.83 bits per heavy atom. The maximum atomic E-state index is 12.4. The van der Waals surface area contributed by atoms with E-state index in [1.165, 1.54) is 0 Å². The zero-order chi connectivity index (χ0) is 12.5. The second-order valence-electron chi connectivity index (χ2n) is 3.90. The van der Waals surface area contributed by atoms with Gasteiger partial charge in [-0.25, -0.2) is 4.52 Å². The maximum Gasteiger partial charge on any atom is 0.198 e. The molecule has 0 saturated heterocycles. The lowest BCUT2D eigenvalue weighted by atomic mass is 10.0. The van der Waals surface area contributed by atoms with E-state index in [-0.39, 0.29) is 5.78 Å². The third-order valence-corrected chi connectivity index (χ3v) is 3.12. The number of rotatable bonds is 2. The number of halogens is 1. The zero-order valence-electron chi connectivity index (χ0n) is 9.38. The van der Waals surface area contributed by atoms with Crippen LogP contribution in [0.5, 0.6) is 0 Å². The lowest BCUT2D eigenvalue weighted by Gasteiger charge is -2.01. The van der Waals surface area contributed by atoms with Gasteiger partial charge in [-0.2, -0.15) is 5.10 Å². The number of benzene rings is 1. The highest BCUT2D eigenvalue weighted by Gasteiger charge is 2.16. The number of hydrogen-bond acceptors (Lipinski definition) is 2. The summed E-state index contributed by atoms with van der Waals surface area (Å²) in [7, 11) is 0. The summed E-state index contributed by atoms with van der Waals surface area (Å²) >= 11 is 6.04. The first kappa shape index (κ1) is 11.0. The van der Waals surface area contributed by atoms with Crippen LogP contribution in [-0.4, -0.2) is 15.4 Å². The van der Waals surface area contributed by atoms with Gasteiger partial charge in [0.05, 0.1) is 22.3 Å². The summed E-state index contributed by atoms with van der Waals surface area (Å²) in [5.41, 5.74) is 1.84. The van der Waals surface area contributed by atoms with Crippen LogP contribution < -0.4 is 0 Å². The van der Waals surface area contributed by atoms with Gasteiger partial charge in [0, 0.05) is 11.8 Å². The van der Waals surface area contributed by atoms with Crippen LogP contribution >= 0.6 is 11.6 Å². The van der Waals surface area contributed by atoms with Crippen LogP contribution in [0.2, 0.25) is 5.02 Å². The first-order chi connectivity index (χ1) is 8.77. The van der Waals surface area contributed by atoms with Crippen LogP contribution in [0.25, 0.3) is 5.52 Å². The smallest absolute Gasteiger partial charge is 0.198 e. The summed E-state index contributed by atoms with van der Waals surface area (Å²) in [5, 5.41) is 4.60. The van der Waals surface area contributed by atoms with Crippen LogP contribution in [0.15, 0.2) is 54.9 Å². The van der Waals surface area contributed by atoms with Gasteiger partial charge in [0.2, 0.25) is 0 Å². The molecule has 88 valence electrons. The molecule has 0 amide bonds. The Hall–Kier alpha value is -2.13. The number of carbonyl (C=O) groups excluding carboxylic acids is 1. The van der Waals surface area contributed by atoms with Gasteiger partial charge >= 0.3 is 0 Å². The summed E-state index contributed by atoms with van der Waals surface area (Å²) < 4.78 is 1.67. The number of hydrogen-bond donors (Lipinski definition) is 0. The molecule has 0 aliphatic rings. The van der Waals surface area contributed by atoms with Gasteiger partial charge < -0.3 is 0 Å². The van der Waals surface area contributed by atoms with Crippen molar-refractivity contribution in [2.45, 2.75) is 0 Å². The van der Waals surface area contributed by atoms with E-state index in [0.29, 0.717) is 16.1 Å². The average molecular weight is 257 g/mol. The van der Waals surface area contributed by atoms with Crippen LogP contribution in [0.3, 0.4) is 0 Å². The molecule has 3 rings (SSSR count). The van der Waals surface area contributed by atoms with Gasteiger partial charge in [0.25, 0.3) is 0 Å². The molecular formula is C14H9ClN2O. The number of pyridine rings is 1. The molecule has 18 heavy (non-hydrogen) atoms. The molecule has 3 nitrogen and oxygen atoms in total. The minimum absolute atomic E-state index is 0.109. The topological polar surface area (TPSA) is 34.4 Å². The standard InChI is InChI=1S/C14H9ClN2O/c15-12-6-2-1-5-10(12)14(18)11-9-16-17-8-4-3-7-13(11)17/h1-9H. The van der Waals surface area contributed by atoms with Gasteiger partial charge in [-0.3, -0.25) is 4.79 Å². The number of fused-ring (bicyclic) bond motifs is 1. The largest absolute Gasteiger partial charge is 0.288 e. The molecular weight excluding hydrogens is 248 g/mol. The molecule has 4 heteroatoms. The minimum atomic E-state index is -0.109. The van der Waals surface area contributed by atoms with E-state index in [1.54, 1.807) is 41.2 Å². The third kappa shape index (κ3) is 1.69. The van der Waals surface area contributed by atoms with Gasteiger partial charge in [0.15, 0.2) is 5.78 Å². The van der Waals surface area contributed by atoms with Crippen LogP contribution in [0.1, 0.15) is 15.9 Å². The van der Waals surface area contributed by atoms with Gasteiger partial charge in [-0.15, -0.1) is 0 Å². The van der Waals surface area contributed by atoms with E-state index in [0.717, 1.165) is 5.52 Å². The predicted octanol–water partition coefficient (Wildman–Crippen LogP) is 3.22. The predicted molar refractivity (Wildman–Crippen MR) is 70.1 cm³/mol. The second-order valence-corrected chi connectivity index (χ2v) is 4.30. The van der Waals surface area contributed by atoms with E-state index in [9.17, 15) is 4.79 Å². The highest BCUT2D eigenvalue weighted by molar-refractivity contribution is 6.35. The second kappa shape index (κ2) is 4.27. The fourth-order valence-electron chi connectivity index (χ4n) is 1.90. The first-order valence-corrected chi connectivity index (χ1v) is 5.87. The van der Waals surface area contributed by atoms with E-state index < -0.39 is 0 Å². The Morgan fingerprint density at radius 1 is 1.06 bits per heavy atom. The van der Waals surface area contributed by atoms with Gasteiger partial charge in [-0.1, -0.05) is 29.8 Å². The first-order valence-electron chi connectivity index (χ1n) is 5.49. The van der Waals surface area contributed by atoms with E-state index >= 15 is 0 Å². The van der Waals surface area contributed by atoms with Crippen molar-refractivity contribution in [3.63, 3.8) is 0 Å². The van der Waals surface area contributed by atoms with E-state index in [1.807, 2.05) is 18.2 Å². The fourth-order valence-corrected chi connectivity index (χ4v) is 2.12. The Morgan fingerprint density at radius 3 is 2.67 bits per heavy atom. The Balaban J connectivity index is 2.16. The van der Waals surface area contributed by atoms with Crippen molar-refractivity contribution in [1.82, 2.24) is 9.61 Å². The molecule has 2 heterocycles. The number of carbonyl (C=O) groups is 1. The Bertz CT molecular complexity index is 733. The zero-order valence-corrected chi connectivity index (χ0v) is 10.1. The summed E-state index contributed by atoms with van der Waals surface area (Å²) in [6.45, 7) is 0. The SMILES string of the molecule is O=C(c1ccccc1Cl)c1cnn2ccccc12. The maximum absolute atomic E-state index is 12.4. The summed E-state index contributed by atoms with van der Waals surface area (Å²) in [5.74, 6) is -0.109. The Kier molecular flexibility index (Phi) is 2.61. The van der Waals surface area contributed by atoms with Crippen molar-refractivity contribution < 1.29 is 4.79 Å². The van der Waals surface area contributed by atoms with Crippen molar-refractivity contribution in [2.75, 3.05) is 0 Å². The molecule has 0 atom stereocenters. The molecule has 0 radical (unpaired) electrons. The molecule has 0 N–H and O–H groups in total. The monoisotopic (exact) mass is 256 g/mol. The van der Waals surface area contributed by atoms with Crippen LogP contribution in [0, 0.1) is 0 Å². The molecule has 0 spiro atoms. The van der Waals surface area contributed by atoms with Crippen LogP contribution in [-0.2, 0) is 0 Å². The summed E-state index contributed by atoms with van der Waals surface area (Å²) in [4.78, 5) is 12.4. The number of ketones is 1. The third-order valence-electron chi connectivity index (χ3n) is 2.79. The molecule has 0 saturated carbocycles. The molecule has 2 aromatic heterocycles. The lowest BCUT2D eigenvalue weighted by molar-refractivity contribution is 0.104. The highest BCUT2D eigenvalue weighted by Crippen LogP contribution is 2.21. The molecule has 0 aliphatic heterocycles. The normalized spacial score (nSPS) is 10.7. The molecule has 1 aromatic carbocycles. The summed E-state index contributed by atoms with van der Waals surface area (Å²) in [6.07, 6.45) is 3.37. The van der Waals surface area contributed by atoms with Crippen molar-refractivity contribution in [3.8, 4) is 0 Å².